The quantitative estimate of drug-likeness (QED) is 0.358. The highest BCUT2D eigenvalue weighted by Gasteiger charge is 2.30. The van der Waals surface area contributed by atoms with Crippen LogP contribution in [-0.4, -0.2) is 12.1 Å². The zero-order chi connectivity index (χ0) is 21.8. The Balaban J connectivity index is 1.38. The number of methoxy groups -OCH3 is 1. The number of halogens is 3. The molecule has 1 heterocycles. The number of benzene rings is 3. The van der Waals surface area contributed by atoms with Crippen molar-refractivity contribution in [3.63, 3.8) is 0 Å². The summed E-state index contributed by atoms with van der Waals surface area (Å²) in [5.41, 5.74) is 2.81. The summed E-state index contributed by atoms with van der Waals surface area (Å²) in [6, 6.07) is 22.6. The summed E-state index contributed by atoms with van der Waals surface area (Å²) >= 11 is 0. The predicted molar refractivity (Wildman–Crippen MR) is 113 cm³/mol. The third-order valence-corrected chi connectivity index (χ3v) is 4.95. The van der Waals surface area contributed by atoms with E-state index in [1.165, 1.54) is 11.6 Å². The molecule has 31 heavy (non-hydrogen) atoms. The van der Waals surface area contributed by atoms with Gasteiger partial charge in [0.25, 0.3) is 0 Å². The maximum Gasteiger partial charge on any atom is 0.416 e. The number of fused-ring (bicyclic) bond motifs is 1. The van der Waals surface area contributed by atoms with Crippen LogP contribution in [0.4, 0.5) is 13.2 Å². The molecule has 0 aliphatic heterocycles. The van der Waals surface area contributed by atoms with Crippen molar-refractivity contribution in [3.05, 3.63) is 101 Å². The molecule has 6 heteroatoms. The van der Waals surface area contributed by atoms with E-state index in [1.54, 1.807) is 19.2 Å². The van der Waals surface area contributed by atoms with Crippen molar-refractivity contribution in [2.75, 3.05) is 7.11 Å². The molecule has 0 aliphatic carbocycles. The highest BCUT2D eigenvalue weighted by Crippen LogP contribution is 2.31. The molecule has 3 nitrogen and oxygen atoms in total. The van der Waals surface area contributed by atoms with Gasteiger partial charge in [0, 0.05) is 5.39 Å². The van der Waals surface area contributed by atoms with E-state index in [9.17, 15) is 13.2 Å². The van der Waals surface area contributed by atoms with Gasteiger partial charge >= 0.3 is 6.18 Å². The van der Waals surface area contributed by atoms with E-state index in [1.807, 2.05) is 48.5 Å². The Bertz CT molecular complexity index is 1170. The topological polar surface area (TPSA) is 31.4 Å². The molecule has 0 radical (unpaired) electrons. The Labute approximate surface area is 178 Å². The lowest BCUT2D eigenvalue weighted by Crippen LogP contribution is -2.05. The van der Waals surface area contributed by atoms with Gasteiger partial charge in [0.15, 0.2) is 0 Å². The average Bonchev–Trinajstić information content (AvgIpc) is 2.78. The van der Waals surface area contributed by atoms with Gasteiger partial charge < -0.3 is 9.47 Å². The minimum atomic E-state index is -4.37. The van der Waals surface area contributed by atoms with E-state index in [-0.39, 0.29) is 6.61 Å². The Morgan fingerprint density at radius 2 is 1.42 bits per heavy atom. The minimum absolute atomic E-state index is 0.231. The van der Waals surface area contributed by atoms with Crippen LogP contribution < -0.4 is 9.47 Å². The van der Waals surface area contributed by atoms with Crippen LogP contribution in [0, 0.1) is 0 Å². The zero-order valence-corrected chi connectivity index (χ0v) is 16.8. The van der Waals surface area contributed by atoms with E-state index < -0.39 is 11.7 Å². The molecule has 4 aromatic rings. The van der Waals surface area contributed by atoms with E-state index >= 15 is 0 Å². The molecule has 0 aliphatic rings. The number of ether oxygens (including phenoxy) is 2. The summed E-state index contributed by atoms with van der Waals surface area (Å²) < 4.78 is 49.5. The minimum Gasteiger partial charge on any atom is -0.497 e. The summed E-state index contributed by atoms with van der Waals surface area (Å²) in [4.78, 5) is 4.40. The van der Waals surface area contributed by atoms with Crippen LogP contribution in [0.5, 0.6) is 11.5 Å². The lowest BCUT2D eigenvalue weighted by molar-refractivity contribution is -0.137. The molecular weight excluding hydrogens is 403 g/mol. The molecule has 0 unspecified atom stereocenters. The monoisotopic (exact) mass is 423 g/mol. The van der Waals surface area contributed by atoms with E-state index in [0.717, 1.165) is 29.9 Å². The lowest BCUT2D eigenvalue weighted by atomic mass is 10.0. The summed E-state index contributed by atoms with van der Waals surface area (Å²) in [6.07, 6.45) is -3.56. The van der Waals surface area contributed by atoms with E-state index in [2.05, 4.69) is 4.98 Å². The maximum atomic E-state index is 12.8. The first-order chi connectivity index (χ1) is 14.9. The van der Waals surface area contributed by atoms with Crippen LogP contribution in [0.25, 0.3) is 10.9 Å². The van der Waals surface area contributed by atoms with Crippen LogP contribution in [0.1, 0.15) is 22.4 Å². The van der Waals surface area contributed by atoms with Crippen LogP contribution in [0.2, 0.25) is 0 Å². The third kappa shape index (κ3) is 5.15. The lowest BCUT2D eigenvalue weighted by Gasteiger charge is -2.10. The molecule has 0 fully saturated rings. The summed E-state index contributed by atoms with van der Waals surface area (Å²) in [6.45, 7) is 0.231. The predicted octanol–water partition coefficient (Wildman–Crippen LogP) is 6.43. The van der Waals surface area contributed by atoms with Crippen molar-refractivity contribution in [1.82, 2.24) is 4.98 Å². The second kappa shape index (κ2) is 8.68. The highest BCUT2D eigenvalue weighted by atomic mass is 19.4. The van der Waals surface area contributed by atoms with Crippen molar-refractivity contribution in [2.45, 2.75) is 19.2 Å². The summed E-state index contributed by atoms with van der Waals surface area (Å²) in [5, 5.41) is 0.446. The molecule has 3 aromatic carbocycles. The number of aromatic nitrogens is 1. The number of rotatable bonds is 6. The fourth-order valence-corrected chi connectivity index (χ4v) is 3.26. The Morgan fingerprint density at radius 1 is 0.774 bits per heavy atom. The Kier molecular flexibility index (Phi) is 5.80. The van der Waals surface area contributed by atoms with Gasteiger partial charge in [0.1, 0.15) is 18.1 Å². The molecule has 0 atom stereocenters. The first-order valence-corrected chi connectivity index (χ1v) is 9.72. The molecule has 1 aromatic heterocycles. The zero-order valence-electron chi connectivity index (χ0n) is 16.8. The highest BCUT2D eigenvalue weighted by molar-refractivity contribution is 5.79. The van der Waals surface area contributed by atoms with Crippen molar-refractivity contribution in [1.29, 1.82) is 0 Å². The van der Waals surface area contributed by atoms with Gasteiger partial charge in [0.2, 0.25) is 0 Å². The molecular formula is C25H20F3NO2. The van der Waals surface area contributed by atoms with E-state index in [4.69, 9.17) is 9.47 Å². The summed E-state index contributed by atoms with van der Waals surface area (Å²) in [5.74, 6) is 1.53. The molecule has 0 bridgehead atoms. The molecule has 0 N–H and O–H groups in total. The number of hydrogen-bond acceptors (Lipinski definition) is 3. The van der Waals surface area contributed by atoms with Crippen LogP contribution in [0.15, 0.2) is 78.9 Å². The second-order valence-electron chi connectivity index (χ2n) is 7.17. The van der Waals surface area contributed by atoms with Crippen molar-refractivity contribution in [2.24, 2.45) is 0 Å². The first-order valence-electron chi connectivity index (χ1n) is 9.72. The smallest absolute Gasteiger partial charge is 0.416 e. The Morgan fingerprint density at radius 3 is 2.03 bits per heavy atom. The van der Waals surface area contributed by atoms with Crippen molar-refractivity contribution < 1.29 is 22.6 Å². The molecule has 4 rings (SSSR count). The number of nitrogens with zero attached hydrogens (tertiary/aromatic N) is 1. The molecule has 158 valence electrons. The van der Waals surface area contributed by atoms with Crippen LogP contribution in [0.3, 0.4) is 0 Å². The van der Waals surface area contributed by atoms with Gasteiger partial charge in [-0.2, -0.15) is 13.2 Å². The first kappa shape index (κ1) is 20.7. The molecule has 0 spiro atoms. The number of pyridine rings is 1. The molecule has 0 saturated heterocycles. The van der Waals surface area contributed by atoms with Gasteiger partial charge in [-0.1, -0.05) is 30.3 Å². The second-order valence-corrected chi connectivity index (χ2v) is 7.17. The Hall–Kier alpha value is -3.54. The SMILES string of the molecule is COc1ccc(Cc2ccc(OCc3ccc4cc(C(F)(F)F)ccc4n3)cc2)cc1. The largest absolute Gasteiger partial charge is 0.497 e. The fraction of sp³-hybridized carbons (Fsp3) is 0.160. The fourth-order valence-electron chi connectivity index (χ4n) is 3.26. The van der Waals surface area contributed by atoms with Gasteiger partial charge in [-0.05, 0) is 66.1 Å². The van der Waals surface area contributed by atoms with Gasteiger partial charge in [-0.25, -0.2) is 4.98 Å². The summed E-state index contributed by atoms with van der Waals surface area (Å²) in [7, 11) is 1.64. The van der Waals surface area contributed by atoms with Gasteiger partial charge in [-0.3, -0.25) is 0 Å². The van der Waals surface area contributed by atoms with Crippen molar-refractivity contribution >= 4 is 10.9 Å². The molecule has 0 saturated carbocycles. The maximum absolute atomic E-state index is 12.8. The normalized spacial score (nSPS) is 11.5. The molecule has 0 amide bonds. The third-order valence-electron chi connectivity index (χ3n) is 4.95. The van der Waals surface area contributed by atoms with Crippen LogP contribution in [-0.2, 0) is 19.2 Å². The van der Waals surface area contributed by atoms with Gasteiger partial charge in [-0.15, -0.1) is 0 Å². The van der Waals surface area contributed by atoms with Gasteiger partial charge in [0.05, 0.1) is 23.9 Å². The van der Waals surface area contributed by atoms with E-state index in [0.29, 0.717) is 22.3 Å². The average molecular weight is 423 g/mol. The standard InChI is InChI=1S/C25H20F3NO2/c1-30-22-9-2-17(3-10-22)14-18-4-11-23(12-5-18)31-16-21-8-6-19-15-20(25(26,27)28)7-13-24(19)29-21/h2-13,15H,14,16H2,1H3. The van der Waals surface area contributed by atoms with Crippen LogP contribution >= 0.6 is 0 Å². The number of alkyl halides is 3. The van der Waals surface area contributed by atoms with Crippen molar-refractivity contribution in [3.8, 4) is 11.5 Å². The number of hydrogen-bond donors (Lipinski definition) is 0.